The van der Waals surface area contributed by atoms with Gasteiger partial charge in [0.05, 0.1) is 18.8 Å². The average Bonchev–Trinajstić information content (AvgIpc) is 2.80. The van der Waals surface area contributed by atoms with Crippen molar-refractivity contribution in [2.45, 2.75) is 31.0 Å². The Balaban J connectivity index is 1.92. The molecule has 0 bridgehead atoms. The topological polar surface area (TPSA) is 51.2 Å². The number of methoxy groups -OCH3 is 1. The Hall–Kier alpha value is -0.160. The number of fused-ring (bicyclic) bond motifs is 1. The number of aliphatic hydroxyl groups is 1. The van der Waals surface area contributed by atoms with E-state index in [-0.39, 0.29) is 31.2 Å². The summed E-state index contributed by atoms with van der Waals surface area (Å²) < 4.78 is 15.6. The molecule has 0 amide bonds. The Bertz CT molecular complexity index is 149. The van der Waals surface area contributed by atoms with E-state index < -0.39 is 0 Å². The molecule has 0 saturated carbocycles. The number of ether oxygens (including phenoxy) is 3. The zero-order valence-electron chi connectivity index (χ0n) is 6.40. The van der Waals surface area contributed by atoms with Crippen molar-refractivity contribution in [3.05, 3.63) is 0 Å². The molecule has 0 aromatic carbocycles. The van der Waals surface area contributed by atoms with E-state index in [0.29, 0.717) is 0 Å². The third kappa shape index (κ3) is 1.27. The maximum Gasteiger partial charge on any atom is 0.186 e. The Morgan fingerprint density at radius 1 is 1.55 bits per heavy atom. The maximum atomic E-state index is 8.80. The fraction of sp³-hybridized carbons (Fsp3) is 1.00. The number of aliphatic hydroxyl groups excluding tert-OH is 1. The monoisotopic (exact) mass is 160 g/mol. The van der Waals surface area contributed by atoms with Crippen LogP contribution in [0.4, 0.5) is 0 Å². The molecule has 11 heavy (non-hydrogen) atoms. The van der Waals surface area contributed by atoms with Crippen molar-refractivity contribution in [1.82, 2.24) is 0 Å². The van der Waals surface area contributed by atoms with Gasteiger partial charge >= 0.3 is 0 Å². The number of rotatable bonds is 2. The van der Waals surface area contributed by atoms with Crippen LogP contribution < -0.4 is 0 Å². The third-order valence-electron chi connectivity index (χ3n) is 2.15. The zero-order chi connectivity index (χ0) is 7.84. The van der Waals surface area contributed by atoms with Gasteiger partial charge in [-0.1, -0.05) is 0 Å². The van der Waals surface area contributed by atoms with Crippen LogP contribution in [0.1, 0.15) is 6.42 Å². The van der Waals surface area contributed by atoms with Crippen molar-refractivity contribution in [3.8, 4) is 0 Å². The highest BCUT2D eigenvalue weighted by molar-refractivity contribution is 4.93. The van der Waals surface area contributed by atoms with Crippen molar-refractivity contribution in [3.63, 3.8) is 0 Å². The average molecular weight is 160 g/mol. The summed E-state index contributed by atoms with van der Waals surface area (Å²) in [5.74, 6) is 0. The molecule has 0 aromatic rings. The largest absolute Gasteiger partial charge is 0.394 e. The number of hydrogen-bond donors (Lipinski definition) is 1. The van der Waals surface area contributed by atoms with E-state index >= 15 is 0 Å². The summed E-state index contributed by atoms with van der Waals surface area (Å²) in [5, 5.41) is 8.80. The normalized spacial score (nSPS) is 48.5. The van der Waals surface area contributed by atoms with E-state index in [1.807, 2.05) is 0 Å². The highest BCUT2D eigenvalue weighted by Crippen LogP contribution is 2.36. The molecule has 0 radical (unpaired) electrons. The molecule has 0 spiro atoms. The first-order valence-electron chi connectivity index (χ1n) is 3.79. The standard InChI is InChI=1S/C7H12O4/c1-9-7-6-5(11-6)2-4(3-8)10-7/h4-8H,2-3H2,1H3/t4-,5+,6+,7+/m0/s1. The molecule has 0 aliphatic carbocycles. The first-order valence-corrected chi connectivity index (χ1v) is 3.79. The second-order valence-electron chi connectivity index (χ2n) is 2.92. The van der Waals surface area contributed by atoms with Crippen LogP contribution in [0.3, 0.4) is 0 Å². The lowest BCUT2D eigenvalue weighted by molar-refractivity contribution is -0.181. The van der Waals surface area contributed by atoms with Crippen LogP contribution in [0.5, 0.6) is 0 Å². The molecule has 1 N–H and O–H groups in total. The van der Waals surface area contributed by atoms with Gasteiger partial charge in [-0.15, -0.1) is 0 Å². The Kier molecular flexibility index (Phi) is 1.85. The van der Waals surface area contributed by atoms with E-state index in [1.165, 1.54) is 0 Å². The van der Waals surface area contributed by atoms with Crippen molar-refractivity contribution >= 4 is 0 Å². The second kappa shape index (κ2) is 2.71. The minimum absolute atomic E-state index is 0.0481. The lowest BCUT2D eigenvalue weighted by Gasteiger charge is -2.24. The molecule has 2 rings (SSSR count). The third-order valence-corrected chi connectivity index (χ3v) is 2.15. The van der Waals surface area contributed by atoms with Gasteiger partial charge in [-0.2, -0.15) is 0 Å². The first-order chi connectivity index (χ1) is 5.35. The maximum absolute atomic E-state index is 8.80. The summed E-state index contributed by atoms with van der Waals surface area (Å²) in [4.78, 5) is 0. The summed E-state index contributed by atoms with van der Waals surface area (Å²) in [5.41, 5.74) is 0. The van der Waals surface area contributed by atoms with Gasteiger partial charge in [-0.05, 0) is 0 Å². The molecule has 4 nitrogen and oxygen atoms in total. The van der Waals surface area contributed by atoms with Gasteiger partial charge in [0.2, 0.25) is 0 Å². The summed E-state index contributed by atoms with van der Waals surface area (Å²) in [7, 11) is 1.59. The molecular formula is C7H12O4. The molecule has 2 heterocycles. The SMILES string of the molecule is CO[C@@H]1O[C@H](CO)C[C@H]2O[C@@H]12. The van der Waals surface area contributed by atoms with Crippen LogP contribution in [0.15, 0.2) is 0 Å². The van der Waals surface area contributed by atoms with Gasteiger partial charge in [0, 0.05) is 13.5 Å². The minimum Gasteiger partial charge on any atom is -0.394 e. The number of hydrogen-bond acceptors (Lipinski definition) is 4. The molecule has 2 fully saturated rings. The highest BCUT2D eigenvalue weighted by Gasteiger charge is 2.51. The van der Waals surface area contributed by atoms with E-state index in [0.717, 1.165) is 6.42 Å². The van der Waals surface area contributed by atoms with E-state index in [4.69, 9.17) is 19.3 Å². The summed E-state index contributed by atoms with van der Waals surface area (Å²) in [6.07, 6.45) is 0.782. The van der Waals surface area contributed by atoms with Crippen molar-refractivity contribution in [2.75, 3.05) is 13.7 Å². The van der Waals surface area contributed by atoms with Gasteiger partial charge in [0.1, 0.15) is 6.10 Å². The molecule has 0 aromatic heterocycles. The molecule has 2 aliphatic rings. The van der Waals surface area contributed by atoms with E-state index in [2.05, 4.69) is 0 Å². The lowest BCUT2D eigenvalue weighted by atomic mass is 10.1. The van der Waals surface area contributed by atoms with E-state index in [1.54, 1.807) is 7.11 Å². The zero-order valence-corrected chi connectivity index (χ0v) is 6.40. The predicted octanol–water partition coefficient (Wildman–Crippen LogP) is -0.493. The summed E-state index contributed by atoms with van der Waals surface area (Å²) in [6.45, 7) is 0.0481. The van der Waals surface area contributed by atoms with Crippen LogP contribution >= 0.6 is 0 Å². The summed E-state index contributed by atoms with van der Waals surface area (Å²) >= 11 is 0. The van der Waals surface area contributed by atoms with Gasteiger partial charge in [-0.25, -0.2) is 0 Å². The number of epoxide rings is 1. The highest BCUT2D eigenvalue weighted by atomic mass is 16.7. The quantitative estimate of drug-likeness (QED) is 0.554. The Labute approximate surface area is 65.1 Å². The molecule has 2 saturated heterocycles. The molecule has 64 valence electrons. The van der Waals surface area contributed by atoms with Crippen molar-refractivity contribution in [2.24, 2.45) is 0 Å². The predicted molar refractivity (Wildman–Crippen MR) is 36.0 cm³/mol. The Morgan fingerprint density at radius 2 is 2.36 bits per heavy atom. The summed E-state index contributed by atoms with van der Waals surface area (Å²) in [6, 6.07) is 0. The molecule has 4 atom stereocenters. The Morgan fingerprint density at radius 3 is 3.00 bits per heavy atom. The van der Waals surface area contributed by atoms with E-state index in [9.17, 15) is 0 Å². The molecule has 4 heteroatoms. The minimum atomic E-state index is -0.272. The van der Waals surface area contributed by atoms with Crippen LogP contribution in [-0.4, -0.2) is 43.4 Å². The van der Waals surface area contributed by atoms with Crippen LogP contribution in [0.25, 0.3) is 0 Å². The molecule has 2 aliphatic heterocycles. The van der Waals surface area contributed by atoms with Gasteiger partial charge in [0.15, 0.2) is 6.29 Å². The smallest absolute Gasteiger partial charge is 0.186 e. The molecule has 0 unspecified atom stereocenters. The lowest BCUT2D eigenvalue weighted by Crippen LogP contribution is -2.36. The second-order valence-corrected chi connectivity index (χ2v) is 2.92. The fourth-order valence-electron chi connectivity index (χ4n) is 1.47. The van der Waals surface area contributed by atoms with Gasteiger partial charge in [0.25, 0.3) is 0 Å². The van der Waals surface area contributed by atoms with Crippen molar-refractivity contribution in [1.29, 1.82) is 0 Å². The van der Waals surface area contributed by atoms with Crippen LogP contribution in [0, 0.1) is 0 Å². The van der Waals surface area contributed by atoms with Crippen molar-refractivity contribution < 1.29 is 19.3 Å². The molecular weight excluding hydrogens is 148 g/mol. The van der Waals surface area contributed by atoms with Crippen LogP contribution in [-0.2, 0) is 14.2 Å². The van der Waals surface area contributed by atoms with Gasteiger partial charge in [-0.3, -0.25) is 0 Å². The fourth-order valence-corrected chi connectivity index (χ4v) is 1.47. The first kappa shape index (κ1) is 7.49. The van der Waals surface area contributed by atoms with Gasteiger partial charge < -0.3 is 19.3 Å². The van der Waals surface area contributed by atoms with Crippen LogP contribution in [0.2, 0.25) is 0 Å².